The molecule has 0 aliphatic heterocycles. The fraction of sp³-hybridized carbons (Fsp3) is 0.938. The summed E-state index contributed by atoms with van der Waals surface area (Å²) in [6, 6.07) is -1.15. The Kier molecular flexibility index (Phi) is 41.5. The molecular weight excluding hydrogens is 719 g/mol. The molecule has 0 saturated heterocycles. The molecule has 0 spiro atoms. The van der Waals surface area contributed by atoms with Crippen molar-refractivity contribution in [3.05, 3.63) is 12.2 Å². The molecule has 3 atom stereocenters. The first-order valence-corrected chi connectivity index (χ1v) is 26.1. The van der Waals surface area contributed by atoms with Gasteiger partial charge in [-0.15, -0.1) is 0 Å². The number of nitrogens with one attached hydrogen (secondary N) is 1. The summed E-state index contributed by atoms with van der Waals surface area (Å²) in [6.07, 6.45) is 49.5. The molecule has 8 heteroatoms. The number of amides is 1. The largest absolute Gasteiger partial charge is 0.391 e. The summed E-state index contributed by atoms with van der Waals surface area (Å²) in [5.74, 6) is -1.45. The third kappa shape index (κ3) is 41.2. The quantitative estimate of drug-likeness (QED) is 0.0276. The number of hydrogen-bond donors (Lipinski definition) is 4. The number of carbonyl (C=O) groups excluding carboxylic acids is 1. The Bertz CT molecular complexity index is 957. The molecule has 0 saturated carbocycles. The molecule has 0 aromatic carbocycles. The van der Waals surface area contributed by atoms with Crippen molar-refractivity contribution in [2.75, 3.05) is 5.75 Å². The average molecular weight is 814 g/mol. The molecule has 0 heterocycles. The second kappa shape index (κ2) is 42.2. The lowest BCUT2D eigenvalue weighted by molar-refractivity contribution is -0.131. The SMILES string of the molecule is CCCCCCCCCC/C=C\CCCCCCCCC(O)C(=O)NC(CS(=O)(=O)O)C(O)CCCCCCCCCCCCCCCCCCCCCCC. The van der Waals surface area contributed by atoms with Crippen molar-refractivity contribution >= 4 is 16.0 Å². The van der Waals surface area contributed by atoms with Crippen molar-refractivity contribution in [1.29, 1.82) is 0 Å². The predicted octanol–water partition coefficient (Wildman–Crippen LogP) is 13.9. The summed E-state index contributed by atoms with van der Waals surface area (Å²) < 4.78 is 32.7. The summed E-state index contributed by atoms with van der Waals surface area (Å²) >= 11 is 0. The summed E-state index contributed by atoms with van der Waals surface area (Å²) in [7, 11) is -4.41. The monoisotopic (exact) mass is 814 g/mol. The van der Waals surface area contributed by atoms with Crippen LogP contribution in [0, 0.1) is 0 Å². The van der Waals surface area contributed by atoms with Crippen molar-refractivity contribution in [3.63, 3.8) is 0 Å². The minimum atomic E-state index is -4.41. The van der Waals surface area contributed by atoms with Crippen molar-refractivity contribution in [2.24, 2.45) is 0 Å². The molecule has 0 aliphatic carbocycles. The van der Waals surface area contributed by atoms with Crippen LogP contribution < -0.4 is 5.32 Å². The highest BCUT2D eigenvalue weighted by molar-refractivity contribution is 7.85. The van der Waals surface area contributed by atoms with E-state index in [-0.39, 0.29) is 0 Å². The highest BCUT2D eigenvalue weighted by Crippen LogP contribution is 2.17. The summed E-state index contributed by atoms with van der Waals surface area (Å²) in [5, 5.41) is 23.7. The van der Waals surface area contributed by atoms with E-state index in [0.29, 0.717) is 19.3 Å². The predicted molar refractivity (Wildman–Crippen MR) is 241 cm³/mol. The van der Waals surface area contributed by atoms with Gasteiger partial charge in [0.1, 0.15) is 6.10 Å². The van der Waals surface area contributed by atoms with E-state index in [0.717, 1.165) is 51.4 Å². The third-order valence-electron chi connectivity index (χ3n) is 11.6. The van der Waals surface area contributed by atoms with Crippen LogP contribution in [0.2, 0.25) is 0 Å². The highest BCUT2D eigenvalue weighted by atomic mass is 32.2. The molecule has 0 aromatic heterocycles. The molecule has 0 aromatic rings. The van der Waals surface area contributed by atoms with E-state index in [2.05, 4.69) is 31.3 Å². The summed E-state index contributed by atoms with van der Waals surface area (Å²) in [6.45, 7) is 4.54. The van der Waals surface area contributed by atoms with Crippen LogP contribution in [0.3, 0.4) is 0 Å². The summed E-state index contributed by atoms with van der Waals surface area (Å²) in [5.41, 5.74) is 0. The van der Waals surface area contributed by atoms with Gasteiger partial charge in [-0.25, -0.2) is 0 Å². The van der Waals surface area contributed by atoms with E-state index in [9.17, 15) is 28.0 Å². The van der Waals surface area contributed by atoms with Crippen LogP contribution >= 0.6 is 0 Å². The Hall–Kier alpha value is -0.960. The van der Waals surface area contributed by atoms with E-state index in [4.69, 9.17) is 0 Å². The number of aliphatic hydroxyl groups is 2. The van der Waals surface area contributed by atoms with Crippen LogP contribution in [0.1, 0.15) is 264 Å². The lowest BCUT2D eigenvalue weighted by Gasteiger charge is -2.24. The van der Waals surface area contributed by atoms with Crippen LogP contribution in [-0.2, 0) is 14.9 Å². The Morgan fingerprint density at radius 3 is 1.07 bits per heavy atom. The van der Waals surface area contributed by atoms with Gasteiger partial charge < -0.3 is 15.5 Å². The Morgan fingerprint density at radius 2 is 0.750 bits per heavy atom. The Labute approximate surface area is 348 Å². The van der Waals surface area contributed by atoms with E-state index in [1.54, 1.807) is 0 Å². The molecule has 0 bridgehead atoms. The maximum atomic E-state index is 12.7. The van der Waals surface area contributed by atoms with Crippen molar-refractivity contribution in [3.8, 4) is 0 Å². The van der Waals surface area contributed by atoms with Crippen molar-refractivity contribution in [1.82, 2.24) is 5.32 Å². The first kappa shape index (κ1) is 55.0. The first-order valence-electron chi connectivity index (χ1n) is 24.5. The molecule has 0 radical (unpaired) electrons. The normalized spacial score (nSPS) is 13.7. The zero-order chi connectivity index (χ0) is 41.2. The molecule has 0 aliphatic rings. The van der Waals surface area contributed by atoms with Crippen molar-refractivity contribution in [2.45, 2.75) is 283 Å². The van der Waals surface area contributed by atoms with Crippen LogP contribution in [0.4, 0.5) is 0 Å². The zero-order valence-corrected chi connectivity index (χ0v) is 38.0. The van der Waals surface area contributed by atoms with E-state index in [1.165, 1.54) is 180 Å². The van der Waals surface area contributed by atoms with E-state index < -0.39 is 40.0 Å². The van der Waals surface area contributed by atoms with E-state index in [1.807, 2.05) is 0 Å². The van der Waals surface area contributed by atoms with Gasteiger partial charge in [0.25, 0.3) is 10.1 Å². The molecule has 7 nitrogen and oxygen atoms in total. The molecule has 334 valence electrons. The van der Waals surface area contributed by atoms with Gasteiger partial charge in [-0.2, -0.15) is 8.42 Å². The number of rotatable bonds is 45. The number of unbranched alkanes of at least 4 members (excludes halogenated alkanes) is 34. The van der Waals surface area contributed by atoms with Crippen LogP contribution in [-0.4, -0.2) is 53.1 Å². The van der Waals surface area contributed by atoms with Gasteiger partial charge in [-0.1, -0.05) is 238 Å². The third-order valence-corrected chi connectivity index (χ3v) is 12.4. The molecule has 3 unspecified atom stereocenters. The highest BCUT2D eigenvalue weighted by Gasteiger charge is 2.28. The lowest BCUT2D eigenvalue weighted by Crippen LogP contribution is -2.50. The molecule has 0 fully saturated rings. The van der Waals surface area contributed by atoms with Crippen LogP contribution in [0.15, 0.2) is 12.2 Å². The van der Waals surface area contributed by atoms with Gasteiger partial charge in [0.2, 0.25) is 5.91 Å². The standard InChI is InChI=1S/C48H95NO6S/c1-3-5-7-9-11-13-15-17-19-21-23-24-25-27-28-30-32-34-36-38-40-42-46(50)45(44-56(53,54)55)49-48(52)47(51)43-41-39-37-35-33-31-29-26-22-20-18-16-14-12-10-8-6-4-2/h22,26,45-47,50-51H,3-21,23-25,27-44H2,1-2H3,(H,49,52)(H,53,54,55)/b26-22-. The minimum absolute atomic E-state index is 0.293. The molecule has 1 amide bonds. The minimum Gasteiger partial charge on any atom is -0.391 e. The number of hydrogen-bond acceptors (Lipinski definition) is 5. The van der Waals surface area contributed by atoms with Gasteiger partial charge >= 0.3 is 0 Å². The number of allylic oxidation sites excluding steroid dienone is 2. The van der Waals surface area contributed by atoms with E-state index >= 15 is 0 Å². The number of aliphatic hydroxyl groups excluding tert-OH is 2. The number of carbonyl (C=O) groups is 1. The molecular formula is C48H95NO6S. The van der Waals surface area contributed by atoms with Gasteiger partial charge in [0.05, 0.1) is 17.9 Å². The maximum absolute atomic E-state index is 12.7. The van der Waals surface area contributed by atoms with Gasteiger partial charge in [-0.3, -0.25) is 9.35 Å². The smallest absolute Gasteiger partial charge is 0.266 e. The fourth-order valence-electron chi connectivity index (χ4n) is 7.81. The fourth-order valence-corrected chi connectivity index (χ4v) is 8.57. The second-order valence-corrected chi connectivity index (χ2v) is 18.7. The Morgan fingerprint density at radius 1 is 0.464 bits per heavy atom. The topological polar surface area (TPSA) is 124 Å². The molecule has 0 rings (SSSR count). The lowest BCUT2D eigenvalue weighted by atomic mass is 10.0. The first-order chi connectivity index (χ1) is 27.2. The van der Waals surface area contributed by atoms with Crippen LogP contribution in [0.25, 0.3) is 0 Å². The molecule has 4 N–H and O–H groups in total. The average Bonchev–Trinajstić information content (AvgIpc) is 3.17. The second-order valence-electron chi connectivity index (χ2n) is 17.2. The summed E-state index contributed by atoms with van der Waals surface area (Å²) in [4.78, 5) is 12.7. The van der Waals surface area contributed by atoms with Gasteiger partial charge in [0.15, 0.2) is 0 Å². The van der Waals surface area contributed by atoms with Crippen molar-refractivity contribution < 1.29 is 28.0 Å². The molecule has 56 heavy (non-hydrogen) atoms. The van der Waals surface area contributed by atoms with Gasteiger partial charge in [-0.05, 0) is 38.5 Å². The van der Waals surface area contributed by atoms with Crippen LogP contribution in [0.5, 0.6) is 0 Å². The van der Waals surface area contributed by atoms with Gasteiger partial charge in [0, 0.05) is 0 Å². The maximum Gasteiger partial charge on any atom is 0.266 e. The zero-order valence-electron chi connectivity index (χ0n) is 37.1. The Balaban J connectivity index is 3.87.